The summed E-state index contributed by atoms with van der Waals surface area (Å²) in [6, 6.07) is 0. The van der Waals surface area contributed by atoms with Crippen LogP contribution >= 0.6 is 0 Å². The van der Waals surface area contributed by atoms with Crippen molar-refractivity contribution in [2.75, 3.05) is 12.8 Å². The van der Waals surface area contributed by atoms with E-state index in [2.05, 4.69) is 14.7 Å². The second kappa shape index (κ2) is 3.84. The van der Waals surface area contributed by atoms with E-state index in [-0.39, 0.29) is 16.8 Å². The van der Waals surface area contributed by atoms with Gasteiger partial charge in [0.1, 0.15) is 17.2 Å². The SMILES string of the molecule is COC(=O)c1cnc(C(C)(C)C)nc1N. The Morgan fingerprint density at radius 2 is 2.07 bits per heavy atom. The van der Waals surface area contributed by atoms with Crippen LogP contribution in [0.5, 0.6) is 0 Å². The Balaban J connectivity index is 3.15. The zero-order chi connectivity index (χ0) is 11.6. The van der Waals surface area contributed by atoms with Crippen molar-refractivity contribution >= 4 is 11.8 Å². The number of carbonyl (C=O) groups is 1. The van der Waals surface area contributed by atoms with Gasteiger partial charge in [-0.25, -0.2) is 14.8 Å². The van der Waals surface area contributed by atoms with Gasteiger partial charge in [0, 0.05) is 11.6 Å². The number of nitrogens with zero attached hydrogens (tertiary/aromatic N) is 2. The number of ether oxygens (including phenoxy) is 1. The largest absolute Gasteiger partial charge is 0.465 e. The third-order valence-corrected chi connectivity index (χ3v) is 1.89. The van der Waals surface area contributed by atoms with Gasteiger partial charge in [0.15, 0.2) is 0 Å². The van der Waals surface area contributed by atoms with E-state index in [1.54, 1.807) is 0 Å². The average molecular weight is 209 g/mol. The molecule has 0 aromatic carbocycles. The van der Waals surface area contributed by atoms with Crippen molar-refractivity contribution in [2.24, 2.45) is 0 Å². The van der Waals surface area contributed by atoms with Crippen LogP contribution in [0.1, 0.15) is 37.0 Å². The van der Waals surface area contributed by atoms with Crippen LogP contribution in [0.2, 0.25) is 0 Å². The first kappa shape index (κ1) is 11.4. The van der Waals surface area contributed by atoms with E-state index in [0.717, 1.165) is 0 Å². The highest BCUT2D eigenvalue weighted by Gasteiger charge is 2.20. The highest BCUT2D eigenvalue weighted by Crippen LogP contribution is 2.20. The molecule has 0 saturated heterocycles. The summed E-state index contributed by atoms with van der Waals surface area (Å²) in [5, 5.41) is 0. The van der Waals surface area contributed by atoms with Gasteiger partial charge in [-0.3, -0.25) is 0 Å². The van der Waals surface area contributed by atoms with Crippen LogP contribution in [0.15, 0.2) is 6.20 Å². The number of nitrogens with two attached hydrogens (primary N) is 1. The molecule has 2 N–H and O–H groups in total. The van der Waals surface area contributed by atoms with E-state index in [4.69, 9.17) is 5.73 Å². The molecule has 0 amide bonds. The first-order valence-corrected chi connectivity index (χ1v) is 4.57. The van der Waals surface area contributed by atoms with Gasteiger partial charge in [-0.05, 0) is 0 Å². The molecule has 0 aliphatic carbocycles. The third kappa shape index (κ3) is 2.43. The van der Waals surface area contributed by atoms with Crippen molar-refractivity contribution in [1.82, 2.24) is 9.97 Å². The van der Waals surface area contributed by atoms with Crippen molar-refractivity contribution in [3.05, 3.63) is 17.6 Å². The van der Waals surface area contributed by atoms with E-state index in [0.29, 0.717) is 5.82 Å². The molecule has 1 rings (SSSR count). The minimum atomic E-state index is -0.520. The molecule has 82 valence electrons. The highest BCUT2D eigenvalue weighted by atomic mass is 16.5. The van der Waals surface area contributed by atoms with Gasteiger partial charge in [0.2, 0.25) is 0 Å². The molecule has 0 atom stereocenters. The topological polar surface area (TPSA) is 78.1 Å². The maximum atomic E-state index is 11.2. The van der Waals surface area contributed by atoms with Crippen molar-refractivity contribution < 1.29 is 9.53 Å². The molecule has 0 saturated carbocycles. The fourth-order valence-corrected chi connectivity index (χ4v) is 1.02. The molecule has 0 aliphatic heterocycles. The van der Waals surface area contributed by atoms with Gasteiger partial charge in [-0.2, -0.15) is 0 Å². The second-order valence-electron chi connectivity index (χ2n) is 4.23. The van der Waals surface area contributed by atoms with Crippen molar-refractivity contribution in [2.45, 2.75) is 26.2 Å². The smallest absolute Gasteiger partial charge is 0.343 e. The molecule has 0 bridgehead atoms. The summed E-state index contributed by atoms with van der Waals surface area (Å²) in [5.74, 6) is 0.238. The van der Waals surface area contributed by atoms with Gasteiger partial charge in [0.25, 0.3) is 0 Å². The highest BCUT2D eigenvalue weighted by molar-refractivity contribution is 5.93. The Hall–Kier alpha value is -1.65. The Kier molecular flexibility index (Phi) is 2.93. The molecule has 0 spiro atoms. The zero-order valence-corrected chi connectivity index (χ0v) is 9.37. The number of methoxy groups -OCH3 is 1. The van der Waals surface area contributed by atoms with Crippen LogP contribution in [0.25, 0.3) is 0 Å². The summed E-state index contributed by atoms with van der Waals surface area (Å²) in [6.07, 6.45) is 1.40. The van der Waals surface area contributed by atoms with Gasteiger partial charge in [-0.15, -0.1) is 0 Å². The number of nitrogen functional groups attached to an aromatic ring is 1. The molecular formula is C10H15N3O2. The fourth-order valence-electron chi connectivity index (χ4n) is 1.02. The summed E-state index contributed by atoms with van der Waals surface area (Å²) in [5.41, 5.74) is 5.65. The first-order valence-electron chi connectivity index (χ1n) is 4.57. The number of aromatic nitrogens is 2. The molecule has 15 heavy (non-hydrogen) atoms. The Bertz CT molecular complexity index is 383. The number of carbonyl (C=O) groups excluding carboxylic acids is 1. The first-order chi connectivity index (χ1) is 6.86. The predicted octanol–water partition coefficient (Wildman–Crippen LogP) is 1.14. The molecule has 0 unspecified atom stereocenters. The fraction of sp³-hybridized carbons (Fsp3) is 0.500. The zero-order valence-electron chi connectivity index (χ0n) is 9.37. The van der Waals surface area contributed by atoms with Crippen molar-refractivity contribution in [3.63, 3.8) is 0 Å². The lowest BCUT2D eigenvalue weighted by Crippen LogP contribution is -2.19. The third-order valence-electron chi connectivity index (χ3n) is 1.89. The number of rotatable bonds is 1. The lowest BCUT2D eigenvalue weighted by Gasteiger charge is -2.16. The second-order valence-corrected chi connectivity index (χ2v) is 4.23. The molecule has 0 radical (unpaired) electrons. The van der Waals surface area contributed by atoms with E-state index >= 15 is 0 Å². The molecule has 5 heteroatoms. The summed E-state index contributed by atoms with van der Waals surface area (Å²) >= 11 is 0. The summed E-state index contributed by atoms with van der Waals surface area (Å²) < 4.78 is 4.54. The van der Waals surface area contributed by atoms with Gasteiger partial charge >= 0.3 is 5.97 Å². The van der Waals surface area contributed by atoms with Crippen LogP contribution in [0.3, 0.4) is 0 Å². The van der Waals surface area contributed by atoms with E-state index < -0.39 is 5.97 Å². The number of esters is 1. The maximum absolute atomic E-state index is 11.2. The minimum absolute atomic E-state index is 0.154. The van der Waals surface area contributed by atoms with E-state index in [1.807, 2.05) is 20.8 Å². The average Bonchev–Trinajstić information content (AvgIpc) is 2.15. The van der Waals surface area contributed by atoms with Gasteiger partial charge in [0.05, 0.1) is 7.11 Å². The van der Waals surface area contributed by atoms with Crippen LogP contribution < -0.4 is 5.73 Å². The Morgan fingerprint density at radius 1 is 1.47 bits per heavy atom. The summed E-state index contributed by atoms with van der Waals surface area (Å²) in [7, 11) is 1.29. The van der Waals surface area contributed by atoms with E-state index in [1.165, 1.54) is 13.3 Å². The number of anilines is 1. The molecule has 1 aromatic rings. The van der Waals surface area contributed by atoms with Gasteiger partial charge in [-0.1, -0.05) is 20.8 Å². The monoisotopic (exact) mass is 209 g/mol. The quantitative estimate of drug-likeness (QED) is 0.702. The van der Waals surface area contributed by atoms with Crippen LogP contribution in [0, 0.1) is 0 Å². The Labute approximate surface area is 88.7 Å². The normalized spacial score (nSPS) is 11.2. The minimum Gasteiger partial charge on any atom is -0.465 e. The van der Waals surface area contributed by atoms with Crippen molar-refractivity contribution in [1.29, 1.82) is 0 Å². The standard InChI is InChI=1S/C10H15N3O2/c1-10(2,3)9-12-5-6(7(11)13-9)8(14)15-4/h5H,1-4H3,(H2,11,12,13). The number of hydrogen-bond acceptors (Lipinski definition) is 5. The molecule has 1 aromatic heterocycles. The summed E-state index contributed by atoms with van der Waals surface area (Å²) in [6.45, 7) is 5.92. The summed E-state index contributed by atoms with van der Waals surface area (Å²) in [4.78, 5) is 19.4. The molecular weight excluding hydrogens is 194 g/mol. The lowest BCUT2D eigenvalue weighted by molar-refractivity contribution is 0.0601. The molecule has 0 aliphatic rings. The predicted molar refractivity (Wildman–Crippen MR) is 56.5 cm³/mol. The Morgan fingerprint density at radius 3 is 2.47 bits per heavy atom. The van der Waals surface area contributed by atoms with Crippen LogP contribution in [-0.4, -0.2) is 23.0 Å². The van der Waals surface area contributed by atoms with Crippen LogP contribution in [-0.2, 0) is 10.2 Å². The molecule has 1 heterocycles. The van der Waals surface area contributed by atoms with E-state index in [9.17, 15) is 4.79 Å². The maximum Gasteiger partial charge on any atom is 0.343 e. The van der Waals surface area contributed by atoms with Crippen LogP contribution in [0.4, 0.5) is 5.82 Å². The van der Waals surface area contributed by atoms with Crippen molar-refractivity contribution in [3.8, 4) is 0 Å². The number of hydrogen-bond donors (Lipinski definition) is 1. The lowest BCUT2D eigenvalue weighted by atomic mass is 9.95. The molecule has 5 nitrogen and oxygen atoms in total. The van der Waals surface area contributed by atoms with Gasteiger partial charge < -0.3 is 10.5 Å². The molecule has 0 fully saturated rings.